The fraction of sp³-hybridized carbons (Fsp3) is 0.421. The quantitative estimate of drug-likeness (QED) is 0.734. The van der Waals surface area contributed by atoms with Gasteiger partial charge < -0.3 is 11.1 Å². The Morgan fingerprint density at radius 1 is 1.23 bits per heavy atom. The summed E-state index contributed by atoms with van der Waals surface area (Å²) in [6.07, 6.45) is 6.58. The van der Waals surface area contributed by atoms with Crippen LogP contribution in [0.15, 0.2) is 36.8 Å². The van der Waals surface area contributed by atoms with Crippen molar-refractivity contribution in [1.29, 1.82) is 0 Å². The lowest BCUT2D eigenvalue weighted by molar-refractivity contribution is 0.206. The molecule has 4 rings (SSSR count). The third-order valence-corrected chi connectivity index (χ3v) is 4.98. The molecule has 1 fully saturated rings. The SMILES string of the molecule is CCc1cccc(Nc2ncnn3ccc(CN4CCC(N)CC4)c23)n1. The second-order valence-electron chi connectivity index (χ2n) is 6.85. The molecule has 0 saturated carbocycles. The highest BCUT2D eigenvalue weighted by Gasteiger charge is 2.19. The van der Waals surface area contributed by atoms with Crippen molar-refractivity contribution in [1.82, 2.24) is 24.5 Å². The van der Waals surface area contributed by atoms with Crippen molar-refractivity contribution in [2.75, 3.05) is 18.4 Å². The zero-order valence-corrected chi connectivity index (χ0v) is 15.1. The molecule has 0 atom stereocenters. The monoisotopic (exact) mass is 351 g/mol. The molecule has 3 N–H and O–H groups in total. The first-order valence-corrected chi connectivity index (χ1v) is 9.25. The number of hydrogen-bond donors (Lipinski definition) is 2. The van der Waals surface area contributed by atoms with Crippen LogP contribution in [-0.2, 0) is 13.0 Å². The van der Waals surface area contributed by atoms with Gasteiger partial charge in [-0.2, -0.15) is 5.10 Å². The highest BCUT2D eigenvalue weighted by Crippen LogP contribution is 2.24. The van der Waals surface area contributed by atoms with Crippen molar-refractivity contribution < 1.29 is 0 Å². The maximum Gasteiger partial charge on any atom is 0.159 e. The van der Waals surface area contributed by atoms with E-state index in [0.717, 1.165) is 61.7 Å². The van der Waals surface area contributed by atoms with E-state index in [1.165, 1.54) is 5.56 Å². The summed E-state index contributed by atoms with van der Waals surface area (Å²) in [7, 11) is 0. The zero-order chi connectivity index (χ0) is 17.9. The van der Waals surface area contributed by atoms with E-state index in [9.17, 15) is 0 Å². The molecule has 0 amide bonds. The molecule has 0 radical (unpaired) electrons. The van der Waals surface area contributed by atoms with Gasteiger partial charge in [0.2, 0.25) is 0 Å². The summed E-state index contributed by atoms with van der Waals surface area (Å²) in [5.74, 6) is 1.59. The third kappa shape index (κ3) is 3.54. The molecule has 26 heavy (non-hydrogen) atoms. The van der Waals surface area contributed by atoms with E-state index in [2.05, 4.69) is 38.3 Å². The second-order valence-corrected chi connectivity index (χ2v) is 6.85. The van der Waals surface area contributed by atoms with Crippen LogP contribution < -0.4 is 11.1 Å². The summed E-state index contributed by atoms with van der Waals surface area (Å²) in [6, 6.07) is 8.48. The van der Waals surface area contributed by atoms with Crippen LogP contribution in [0.4, 0.5) is 11.6 Å². The molecule has 0 bridgehead atoms. The molecule has 0 aromatic carbocycles. The molecule has 0 aliphatic carbocycles. The predicted molar refractivity (Wildman–Crippen MR) is 102 cm³/mol. The molecule has 7 nitrogen and oxygen atoms in total. The van der Waals surface area contributed by atoms with Crippen LogP contribution in [0, 0.1) is 0 Å². The average molecular weight is 351 g/mol. The molecule has 4 heterocycles. The minimum atomic E-state index is 0.342. The maximum absolute atomic E-state index is 6.03. The van der Waals surface area contributed by atoms with E-state index in [4.69, 9.17) is 5.73 Å². The van der Waals surface area contributed by atoms with E-state index in [0.29, 0.717) is 6.04 Å². The Bertz CT molecular complexity index is 880. The third-order valence-electron chi connectivity index (χ3n) is 4.98. The number of nitrogens with one attached hydrogen (secondary N) is 1. The molecule has 3 aromatic rings. The number of nitrogens with two attached hydrogens (primary N) is 1. The van der Waals surface area contributed by atoms with Gasteiger partial charge in [0, 0.05) is 24.5 Å². The van der Waals surface area contributed by atoms with Gasteiger partial charge in [0.05, 0.1) is 0 Å². The number of anilines is 2. The van der Waals surface area contributed by atoms with Gasteiger partial charge in [-0.1, -0.05) is 13.0 Å². The topological polar surface area (TPSA) is 84.4 Å². The minimum Gasteiger partial charge on any atom is -0.328 e. The first-order chi connectivity index (χ1) is 12.7. The Morgan fingerprint density at radius 3 is 2.88 bits per heavy atom. The lowest BCUT2D eigenvalue weighted by Crippen LogP contribution is -2.39. The average Bonchev–Trinajstić information content (AvgIpc) is 3.08. The number of aryl methyl sites for hydroxylation is 1. The van der Waals surface area contributed by atoms with Gasteiger partial charge in [0.15, 0.2) is 5.82 Å². The van der Waals surface area contributed by atoms with Crippen molar-refractivity contribution in [3.05, 3.63) is 48.0 Å². The number of nitrogens with zero attached hydrogens (tertiary/aromatic N) is 5. The van der Waals surface area contributed by atoms with Gasteiger partial charge in [-0.05, 0) is 56.1 Å². The largest absolute Gasteiger partial charge is 0.328 e. The fourth-order valence-corrected chi connectivity index (χ4v) is 3.46. The lowest BCUT2D eigenvalue weighted by atomic mass is 10.1. The fourth-order valence-electron chi connectivity index (χ4n) is 3.46. The Hall–Kier alpha value is -2.51. The smallest absolute Gasteiger partial charge is 0.159 e. The van der Waals surface area contributed by atoms with Crippen LogP contribution in [-0.4, -0.2) is 43.6 Å². The number of rotatable bonds is 5. The Kier molecular flexibility index (Phi) is 4.81. The second kappa shape index (κ2) is 7.39. The van der Waals surface area contributed by atoms with Gasteiger partial charge in [0.1, 0.15) is 17.7 Å². The zero-order valence-electron chi connectivity index (χ0n) is 15.1. The van der Waals surface area contributed by atoms with Gasteiger partial charge in [-0.3, -0.25) is 4.90 Å². The van der Waals surface area contributed by atoms with E-state index >= 15 is 0 Å². The van der Waals surface area contributed by atoms with Crippen LogP contribution in [0.5, 0.6) is 0 Å². The summed E-state index contributed by atoms with van der Waals surface area (Å²) < 4.78 is 1.88. The summed E-state index contributed by atoms with van der Waals surface area (Å²) in [5, 5.41) is 7.72. The maximum atomic E-state index is 6.03. The minimum absolute atomic E-state index is 0.342. The molecule has 7 heteroatoms. The lowest BCUT2D eigenvalue weighted by Gasteiger charge is -2.29. The van der Waals surface area contributed by atoms with E-state index in [-0.39, 0.29) is 0 Å². The molecule has 136 valence electrons. The summed E-state index contributed by atoms with van der Waals surface area (Å²) in [4.78, 5) is 11.6. The molecule has 0 spiro atoms. The van der Waals surface area contributed by atoms with Crippen molar-refractivity contribution in [2.24, 2.45) is 5.73 Å². The molecule has 1 aliphatic rings. The number of hydrogen-bond acceptors (Lipinski definition) is 6. The van der Waals surface area contributed by atoms with Crippen molar-refractivity contribution in [3.63, 3.8) is 0 Å². The molecule has 3 aromatic heterocycles. The summed E-state index contributed by atoms with van der Waals surface area (Å²) in [6.45, 7) is 5.06. The first-order valence-electron chi connectivity index (χ1n) is 9.25. The van der Waals surface area contributed by atoms with Crippen LogP contribution in [0.2, 0.25) is 0 Å². The van der Waals surface area contributed by atoms with E-state index < -0.39 is 0 Å². The van der Waals surface area contributed by atoms with Crippen LogP contribution in [0.25, 0.3) is 5.52 Å². The van der Waals surface area contributed by atoms with Crippen molar-refractivity contribution >= 4 is 17.2 Å². The number of likely N-dealkylation sites (tertiary alicyclic amines) is 1. The summed E-state index contributed by atoms with van der Waals surface area (Å²) >= 11 is 0. The highest BCUT2D eigenvalue weighted by atomic mass is 15.3. The predicted octanol–water partition coefficient (Wildman–Crippen LogP) is 2.35. The van der Waals surface area contributed by atoms with Crippen LogP contribution in [0.3, 0.4) is 0 Å². The first kappa shape index (κ1) is 16.9. The normalized spacial score (nSPS) is 16.2. The van der Waals surface area contributed by atoms with Crippen molar-refractivity contribution in [2.45, 2.75) is 38.8 Å². The standard InChI is InChI=1S/C19H25N7/c1-2-16-4-3-5-17(23-16)24-19-18-14(6-11-26(18)22-13-21-19)12-25-9-7-15(20)8-10-25/h3-6,11,13,15H,2,7-10,12,20H2,1H3,(H,21,22,23,24). The number of pyridine rings is 1. The Balaban J connectivity index is 1.61. The number of fused-ring (bicyclic) bond motifs is 1. The summed E-state index contributed by atoms with van der Waals surface area (Å²) in [5.41, 5.74) is 9.31. The number of aromatic nitrogens is 4. The Morgan fingerprint density at radius 2 is 2.08 bits per heavy atom. The molecule has 1 saturated heterocycles. The Labute approximate surface area is 153 Å². The van der Waals surface area contributed by atoms with Gasteiger partial charge in [-0.25, -0.2) is 14.5 Å². The highest BCUT2D eigenvalue weighted by molar-refractivity contribution is 5.75. The van der Waals surface area contributed by atoms with E-state index in [1.807, 2.05) is 28.9 Å². The number of piperidine rings is 1. The van der Waals surface area contributed by atoms with Gasteiger partial charge in [0.25, 0.3) is 0 Å². The van der Waals surface area contributed by atoms with Gasteiger partial charge >= 0.3 is 0 Å². The molecule has 0 unspecified atom stereocenters. The van der Waals surface area contributed by atoms with E-state index in [1.54, 1.807) is 6.33 Å². The molecule has 1 aliphatic heterocycles. The molecular weight excluding hydrogens is 326 g/mol. The van der Waals surface area contributed by atoms with Crippen LogP contribution >= 0.6 is 0 Å². The van der Waals surface area contributed by atoms with Crippen molar-refractivity contribution in [3.8, 4) is 0 Å². The van der Waals surface area contributed by atoms with Crippen LogP contribution in [0.1, 0.15) is 31.0 Å². The molecular formula is C19H25N7. The van der Waals surface area contributed by atoms with Gasteiger partial charge in [-0.15, -0.1) is 0 Å².